The highest BCUT2D eigenvalue weighted by atomic mass is 32.1. The number of thiocarbonyl (C=S) groups is 1. The van der Waals surface area contributed by atoms with E-state index in [-0.39, 0.29) is 0 Å². The van der Waals surface area contributed by atoms with Crippen molar-refractivity contribution in [2.24, 2.45) is 5.73 Å². The van der Waals surface area contributed by atoms with Gasteiger partial charge in [-0.15, -0.1) is 0 Å². The van der Waals surface area contributed by atoms with Crippen molar-refractivity contribution in [3.05, 3.63) is 84.4 Å². The molecule has 0 radical (unpaired) electrons. The molecule has 0 saturated heterocycles. The van der Waals surface area contributed by atoms with Crippen molar-refractivity contribution in [1.29, 1.82) is 0 Å². The Morgan fingerprint density at radius 2 is 1.28 bits per heavy atom. The maximum Gasteiger partial charge on any atom is 0.129 e. The summed E-state index contributed by atoms with van der Waals surface area (Å²) in [6, 6.07) is 25.6. The summed E-state index contributed by atoms with van der Waals surface area (Å²) in [4.78, 5) is 0.325. The van der Waals surface area contributed by atoms with E-state index in [0.717, 1.165) is 22.4 Å². The van der Waals surface area contributed by atoms with Crippen LogP contribution in [0, 0.1) is 0 Å². The molecule has 2 N–H and O–H groups in total. The fourth-order valence-electron chi connectivity index (χ4n) is 2.55. The van der Waals surface area contributed by atoms with E-state index < -0.39 is 0 Å². The van der Waals surface area contributed by atoms with Crippen LogP contribution in [0.4, 0.5) is 0 Å². The first-order chi connectivity index (χ1) is 12.3. The first kappa shape index (κ1) is 17.0. The van der Waals surface area contributed by atoms with Crippen molar-refractivity contribution >= 4 is 17.2 Å². The molecule has 0 amide bonds. The third-order valence-corrected chi connectivity index (χ3v) is 3.94. The Balaban J connectivity index is 1.63. The topological polar surface area (TPSA) is 44.5 Å². The van der Waals surface area contributed by atoms with Crippen molar-refractivity contribution in [2.75, 3.05) is 13.2 Å². The van der Waals surface area contributed by atoms with Gasteiger partial charge in [0.05, 0.1) is 5.56 Å². The van der Waals surface area contributed by atoms with Crippen LogP contribution in [0.2, 0.25) is 0 Å². The fraction of sp³-hybridized carbons (Fsp3) is 0.0952. The molecule has 3 nitrogen and oxygen atoms in total. The third kappa shape index (κ3) is 4.37. The van der Waals surface area contributed by atoms with Crippen LogP contribution in [-0.2, 0) is 0 Å². The smallest absolute Gasteiger partial charge is 0.129 e. The largest absolute Gasteiger partial charge is 0.489 e. The van der Waals surface area contributed by atoms with Gasteiger partial charge in [0.15, 0.2) is 0 Å². The summed E-state index contributed by atoms with van der Waals surface area (Å²) in [5.74, 6) is 1.51. The molecular formula is C21H19NO2S. The lowest BCUT2D eigenvalue weighted by atomic mass is 10.1. The standard InChI is InChI=1S/C21H19NO2S/c22-21(25)18-11-5-7-13-20(18)24-15-14-23-19-12-6-4-10-17(19)16-8-2-1-3-9-16/h1-13H,14-15H2,(H2,22,25). The van der Waals surface area contributed by atoms with Gasteiger partial charge in [-0.1, -0.05) is 72.9 Å². The molecule has 0 saturated carbocycles. The molecular weight excluding hydrogens is 330 g/mol. The summed E-state index contributed by atoms with van der Waals surface area (Å²) < 4.78 is 11.7. The lowest BCUT2D eigenvalue weighted by molar-refractivity contribution is 0.217. The Hall–Kier alpha value is -2.85. The van der Waals surface area contributed by atoms with E-state index in [9.17, 15) is 0 Å². The maximum atomic E-state index is 5.92. The molecule has 0 aromatic heterocycles. The van der Waals surface area contributed by atoms with Crippen LogP contribution in [0.5, 0.6) is 11.5 Å². The number of benzene rings is 3. The molecule has 0 fully saturated rings. The lowest BCUT2D eigenvalue weighted by Gasteiger charge is -2.13. The van der Waals surface area contributed by atoms with Gasteiger partial charge in [0, 0.05) is 5.56 Å². The molecule has 3 aromatic carbocycles. The Morgan fingerprint density at radius 1 is 0.720 bits per heavy atom. The molecule has 0 atom stereocenters. The minimum atomic E-state index is 0.325. The predicted molar refractivity (Wildman–Crippen MR) is 105 cm³/mol. The van der Waals surface area contributed by atoms with Crippen LogP contribution in [0.25, 0.3) is 11.1 Å². The normalized spacial score (nSPS) is 10.2. The highest BCUT2D eigenvalue weighted by Crippen LogP contribution is 2.29. The molecule has 0 spiro atoms. The van der Waals surface area contributed by atoms with Crippen LogP contribution in [0.15, 0.2) is 78.9 Å². The van der Waals surface area contributed by atoms with Crippen molar-refractivity contribution in [3.8, 4) is 22.6 Å². The summed E-state index contributed by atoms with van der Waals surface area (Å²) in [7, 11) is 0. The molecule has 4 heteroatoms. The lowest BCUT2D eigenvalue weighted by Crippen LogP contribution is -2.14. The number of ether oxygens (including phenoxy) is 2. The van der Waals surface area contributed by atoms with Gasteiger partial charge in [0.2, 0.25) is 0 Å². The zero-order valence-electron chi connectivity index (χ0n) is 13.7. The summed E-state index contributed by atoms with van der Waals surface area (Å²) in [6.45, 7) is 0.832. The SMILES string of the molecule is NC(=S)c1ccccc1OCCOc1ccccc1-c1ccccc1. The molecule has 0 bridgehead atoms. The minimum Gasteiger partial charge on any atom is -0.489 e. The van der Waals surface area contributed by atoms with Gasteiger partial charge in [0.1, 0.15) is 29.7 Å². The average Bonchev–Trinajstić information content (AvgIpc) is 2.66. The average molecular weight is 349 g/mol. The second-order valence-corrected chi connectivity index (χ2v) is 5.86. The van der Waals surface area contributed by atoms with Gasteiger partial charge in [-0.2, -0.15) is 0 Å². The number of hydrogen-bond acceptors (Lipinski definition) is 3. The molecule has 126 valence electrons. The first-order valence-corrected chi connectivity index (χ1v) is 8.45. The molecule has 0 aliphatic rings. The van der Waals surface area contributed by atoms with E-state index in [1.807, 2.05) is 66.7 Å². The van der Waals surface area contributed by atoms with Gasteiger partial charge in [-0.25, -0.2) is 0 Å². The van der Waals surface area contributed by atoms with Crippen LogP contribution in [-0.4, -0.2) is 18.2 Å². The Morgan fingerprint density at radius 3 is 2.00 bits per heavy atom. The van der Waals surface area contributed by atoms with Crippen LogP contribution in [0.3, 0.4) is 0 Å². The van der Waals surface area contributed by atoms with E-state index >= 15 is 0 Å². The Kier molecular flexibility index (Phi) is 5.65. The van der Waals surface area contributed by atoms with Crippen LogP contribution >= 0.6 is 12.2 Å². The molecule has 0 aliphatic carbocycles. The van der Waals surface area contributed by atoms with Gasteiger partial charge in [0.25, 0.3) is 0 Å². The maximum absolute atomic E-state index is 5.92. The number of nitrogens with two attached hydrogens (primary N) is 1. The van der Waals surface area contributed by atoms with Crippen LogP contribution in [0.1, 0.15) is 5.56 Å². The van der Waals surface area contributed by atoms with Gasteiger partial charge < -0.3 is 15.2 Å². The van der Waals surface area contributed by atoms with Crippen molar-refractivity contribution < 1.29 is 9.47 Å². The Labute approximate surface area is 153 Å². The monoisotopic (exact) mass is 349 g/mol. The second kappa shape index (κ2) is 8.31. The summed E-state index contributed by atoms with van der Waals surface area (Å²) in [6.07, 6.45) is 0. The van der Waals surface area contributed by atoms with Crippen molar-refractivity contribution in [2.45, 2.75) is 0 Å². The number of para-hydroxylation sites is 2. The van der Waals surface area contributed by atoms with Gasteiger partial charge in [-0.3, -0.25) is 0 Å². The van der Waals surface area contributed by atoms with Crippen LogP contribution < -0.4 is 15.2 Å². The molecule has 3 rings (SSSR count). The van der Waals surface area contributed by atoms with E-state index in [0.29, 0.717) is 24.0 Å². The highest BCUT2D eigenvalue weighted by molar-refractivity contribution is 7.80. The first-order valence-electron chi connectivity index (χ1n) is 8.04. The highest BCUT2D eigenvalue weighted by Gasteiger charge is 2.07. The second-order valence-electron chi connectivity index (χ2n) is 5.42. The molecule has 3 aromatic rings. The van der Waals surface area contributed by atoms with E-state index in [1.54, 1.807) is 0 Å². The minimum absolute atomic E-state index is 0.325. The quantitative estimate of drug-likeness (QED) is 0.506. The van der Waals surface area contributed by atoms with E-state index in [4.69, 9.17) is 27.4 Å². The molecule has 0 unspecified atom stereocenters. The fourth-order valence-corrected chi connectivity index (χ4v) is 2.72. The van der Waals surface area contributed by atoms with Gasteiger partial charge >= 0.3 is 0 Å². The molecule has 25 heavy (non-hydrogen) atoms. The Bertz CT molecular complexity index is 849. The third-order valence-electron chi connectivity index (χ3n) is 3.72. The predicted octanol–water partition coefficient (Wildman–Crippen LogP) is 4.45. The van der Waals surface area contributed by atoms with Gasteiger partial charge in [-0.05, 0) is 23.8 Å². The number of rotatable bonds is 7. The molecule has 0 aliphatic heterocycles. The molecule has 0 heterocycles. The van der Waals surface area contributed by atoms with Crippen molar-refractivity contribution in [3.63, 3.8) is 0 Å². The van der Waals surface area contributed by atoms with E-state index in [1.165, 1.54) is 0 Å². The summed E-state index contributed by atoms with van der Waals surface area (Å²) in [5, 5.41) is 0. The number of hydrogen-bond donors (Lipinski definition) is 1. The zero-order valence-corrected chi connectivity index (χ0v) is 14.5. The summed E-state index contributed by atoms with van der Waals surface area (Å²) >= 11 is 5.04. The van der Waals surface area contributed by atoms with E-state index in [2.05, 4.69) is 12.1 Å². The van der Waals surface area contributed by atoms with Crippen molar-refractivity contribution in [1.82, 2.24) is 0 Å². The summed E-state index contributed by atoms with van der Waals surface area (Å²) in [5.41, 5.74) is 8.64. The zero-order chi connectivity index (χ0) is 17.5.